The van der Waals surface area contributed by atoms with Gasteiger partial charge in [-0.1, -0.05) is 41.9 Å². The molecule has 122 valence electrons. The number of benzene rings is 2. The monoisotopic (exact) mass is 332 g/mol. The second-order valence-corrected chi connectivity index (χ2v) is 6.00. The van der Waals surface area contributed by atoms with Crippen LogP contribution in [-0.2, 0) is 6.42 Å². The summed E-state index contributed by atoms with van der Waals surface area (Å²) >= 11 is 6.25. The number of hydrogen-bond acceptors (Lipinski definition) is 2. The van der Waals surface area contributed by atoms with E-state index < -0.39 is 0 Å². The van der Waals surface area contributed by atoms with Crippen LogP contribution in [0, 0.1) is 0 Å². The number of ether oxygens (including phenoxy) is 1. The maximum Gasteiger partial charge on any atom is 0.321 e. The van der Waals surface area contributed by atoms with Gasteiger partial charge in [0.1, 0.15) is 5.75 Å². The Morgan fingerprint density at radius 2 is 1.91 bits per heavy atom. The van der Waals surface area contributed by atoms with Crippen molar-refractivity contribution in [3.8, 4) is 5.75 Å². The van der Waals surface area contributed by atoms with Crippen molar-refractivity contribution in [2.24, 2.45) is 0 Å². The largest absolute Gasteiger partial charge is 0.489 e. The zero-order valence-electron chi connectivity index (χ0n) is 13.5. The summed E-state index contributed by atoms with van der Waals surface area (Å²) in [7, 11) is 3.36. The van der Waals surface area contributed by atoms with E-state index >= 15 is 0 Å². The molecule has 0 heterocycles. The molecule has 5 heteroatoms. The Balaban J connectivity index is 1.99. The van der Waals surface area contributed by atoms with Crippen LogP contribution in [0.3, 0.4) is 0 Å². The second kappa shape index (κ2) is 7.88. The molecule has 0 spiro atoms. The summed E-state index contributed by atoms with van der Waals surface area (Å²) in [5.41, 5.74) is 1.85. The molecule has 0 saturated heterocycles. The van der Waals surface area contributed by atoms with Crippen molar-refractivity contribution in [3.63, 3.8) is 0 Å². The first-order chi connectivity index (χ1) is 11.0. The molecule has 0 aliphatic carbocycles. The minimum atomic E-state index is -0.202. The van der Waals surface area contributed by atoms with Crippen molar-refractivity contribution in [2.75, 3.05) is 19.4 Å². The fourth-order valence-electron chi connectivity index (χ4n) is 2.11. The van der Waals surface area contributed by atoms with Gasteiger partial charge >= 0.3 is 6.03 Å². The van der Waals surface area contributed by atoms with E-state index in [0.29, 0.717) is 16.5 Å². The topological polar surface area (TPSA) is 41.6 Å². The van der Waals surface area contributed by atoms with E-state index in [1.807, 2.05) is 25.1 Å². The van der Waals surface area contributed by atoms with Gasteiger partial charge in [0.2, 0.25) is 0 Å². The smallest absolute Gasteiger partial charge is 0.321 e. The lowest BCUT2D eigenvalue weighted by molar-refractivity contribution is 0.222. The van der Waals surface area contributed by atoms with E-state index in [1.54, 1.807) is 32.3 Å². The molecule has 2 rings (SSSR count). The summed E-state index contributed by atoms with van der Waals surface area (Å²) in [4.78, 5) is 13.1. The maximum atomic E-state index is 11.6. The second-order valence-electron chi connectivity index (χ2n) is 5.59. The molecule has 0 aliphatic heterocycles. The lowest BCUT2D eigenvalue weighted by Gasteiger charge is -2.17. The normalized spacial score (nSPS) is 11.7. The average molecular weight is 333 g/mol. The Kier molecular flexibility index (Phi) is 5.88. The molecule has 1 atom stereocenters. The van der Waals surface area contributed by atoms with Crippen molar-refractivity contribution in [1.29, 1.82) is 0 Å². The lowest BCUT2D eigenvalue weighted by atomic mass is 10.1. The van der Waals surface area contributed by atoms with E-state index in [-0.39, 0.29) is 12.1 Å². The number of hydrogen-bond donors (Lipinski definition) is 1. The van der Waals surface area contributed by atoms with Gasteiger partial charge in [0.15, 0.2) is 0 Å². The maximum absolute atomic E-state index is 11.6. The quantitative estimate of drug-likeness (QED) is 0.879. The van der Waals surface area contributed by atoms with Gasteiger partial charge in [0, 0.05) is 26.2 Å². The first kappa shape index (κ1) is 17.2. The highest BCUT2D eigenvalue weighted by Gasteiger charge is 2.10. The minimum Gasteiger partial charge on any atom is -0.489 e. The number of carbonyl (C=O) groups excluding carboxylic acids is 1. The molecule has 1 N–H and O–H groups in total. The van der Waals surface area contributed by atoms with Crippen molar-refractivity contribution >= 4 is 23.3 Å². The van der Waals surface area contributed by atoms with Crippen LogP contribution in [-0.4, -0.2) is 31.1 Å². The highest BCUT2D eigenvalue weighted by Crippen LogP contribution is 2.29. The van der Waals surface area contributed by atoms with Crippen LogP contribution in [0.5, 0.6) is 5.75 Å². The predicted octanol–water partition coefficient (Wildman–Crippen LogP) is 4.44. The Hall–Kier alpha value is -2.20. The third kappa shape index (κ3) is 5.18. The van der Waals surface area contributed by atoms with Gasteiger partial charge in [-0.05, 0) is 30.7 Å². The molecule has 0 saturated carbocycles. The number of amides is 2. The van der Waals surface area contributed by atoms with Crippen LogP contribution in [0.2, 0.25) is 5.02 Å². The standard InChI is InChI=1S/C18H21ClN2O2/c1-13(11-14-7-5-4-6-8-14)23-17-10-9-15(12-16(17)19)20-18(22)21(2)3/h4-10,12-13H,11H2,1-3H3,(H,20,22). The summed E-state index contributed by atoms with van der Waals surface area (Å²) in [5, 5.41) is 3.22. The minimum absolute atomic E-state index is 0.00267. The van der Waals surface area contributed by atoms with E-state index in [1.165, 1.54) is 10.5 Å². The van der Waals surface area contributed by atoms with Gasteiger partial charge in [0.25, 0.3) is 0 Å². The number of carbonyl (C=O) groups is 1. The van der Waals surface area contributed by atoms with E-state index in [0.717, 1.165) is 6.42 Å². The molecule has 1 unspecified atom stereocenters. The van der Waals surface area contributed by atoms with E-state index in [9.17, 15) is 4.79 Å². The molecular formula is C18H21ClN2O2. The molecule has 0 bridgehead atoms. The van der Waals surface area contributed by atoms with E-state index in [4.69, 9.17) is 16.3 Å². The SMILES string of the molecule is CC(Cc1ccccc1)Oc1ccc(NC(=O)N(C)C)cc1Cl. The Morgan fingerprint density at radius 1 is 1.22 bits per heavy atom. The van der Waals surface area contributed by atoms with Gasteiger partial charge in [0.05, 0.1) is 11.1 Å². The first-order valence-electron chi connectivity index (χ1n) is 7.44. The molecule has 2 aromatic rings. The fourth-order valence-corrected chi connectivity index (χ4v) is 2.34. The van der Waals surface area contributed by atoms with Gasteiger partial charge in [-0.25, -0.2) is 4.79 Å². The zero-order valence-corrected chi connectivity index (χ0v) is 14.3. The molecule has 0 aliphatic rings. The van der Waals surface area contributed by atoms with Crippen molar-refractivity contribution < 1.29 is 9.53 Å². The number of halogens is 1. The summed E-state index contributed by atoms with van der Waals surface area (Å²) in [6, 6.07) is 15.2. The average Bonchev–Trinajstić information content (AvgIpc) is 2.51. The summed E-state index contributed by atoms with van der Waals surface area (Å²) in [5.74, 6) is 0.609. The molecule has 2 amide bonds. The summed E-state index contributed by atoms with van der Waals surface area (Å²) in [6.45, 7) is 2.01. The van der Waals surface area contributed by atoms with Gasteiger partial charge in [-0.2, -0.15) is 0 Å². The van der Waals surface area contributed by atoms with Crippen molar-refractivity contribution in [1.82, 2.24) is 4.90 Å². The van der Waals surface area contributed by atoms with Gasteiger partial charge in [-0.15, -0.1) is 0 Å². The van der Waals surface area contributed by atoms with Crippen molar-refractivity contribution in [2.45, 2.75) is 19.4 Å². The Bertz CT molecular complexity index is 659. The molecule has 4 nitrogen and oxygen atoms in total. The first-order valence-corrected chi connectivity index (χ1v) is 7.82. The zero-order chi connectivity index (χ0) is 16.8. The molecule has 2 aromatic carbocycles. The highest BCUT2D eigenvalue weighted by atomic mass is 35.5. The summed E-state index contributed by atoms with van der Waals surface area (Å²) < 4.78 is 5.90. The molecular weight excluding hydrogens is 312 g/mol. The van der Waals surface area contributed by atoms with Gasteiger partial charge < -0.3 is 15.0 Å². The van der Waals surface area contributed by atoms with Crippen LogP contribution >= 0.6 is 11.6 Å². The van der Waals surface area contributed by atoms with Crippen LogP contribution in [0.4, 0.5) is 10.5 Å². The van der Waals surface area contributed by atoms with Crippen LogP contribution in [0.25, 0.3) is 0 Å². The molecule has 23 heavy (non-hydrogen) atoms. The van der Waals surface area contributed by atoms with Crippen molar-refractivity contribution in [3.05, 3.63) is 59.1 Å². The number of anilines is 1. The lowest BCUT2D eigenvalue weighted by Crippen LogP contribution is -2.27. The fraction of sp³-hybridized carbons (Fsp3) is 0.278. The Morgan fingerprint density at radius 3 is 2.52 bits per heavy atom. The van der Waals surface area contributed by atoms with Gasteiger partial charge in [-0.3, -0.25) is 0 Å². The number of rotatable bonds is 5. The van der Waals surface area contributed by atoms with Crippen LogP contribution < -0.4 is 10.1 Å². The molecule has 0 radical (unpaired) electrons. The summed E-state index contributed by atoms with van der Waals surface area (Å²) in [6.07, 6.45) is 0.799. The molecule has 0 fully saturated rings. The van der Waals surface area contributed by atoms with Crippen LogP contribution in [0.1, 0.15) is 12.5 Å². The number of nitrogens with one attached hydrogen (secondary N) is 1. The highest BCUT2D eigenvalue weighted by molar-refractivity contribution is 6.32. The number of nitrogens with zero attached hydrogens (tertiary/aromatic N) is 1. The molecule has 0 aromatic heterocycles. The van der Waals surface area contributed by atoms with E-state index in [2.05, 4.69) is 17.4 Å². The third-order valence-electron chi connectivity index (χ3n) is 3.28. The third-order valence-corrected chi connectivity index (χ3v) is 3.58. The van der Waals surface area contributed by atoms with Crippen LogP contribution in [0.15, 0.2) is 48.5 Å². The predicted molar refractivity (Wildman–Crippen MR) is 94.4 cm³/mol. The Labute approximate surface area is 142 Å². The number of urea groups is 1.